The molecule has 12 nitrogen and oxygen atoms in total. The average molecular weight is 484 g/mol. The van der Waals surface area contributed by atoms with Crippen LogP contribution in [0.4, 0.5) is 0 Å². The average Bonchev–Trinajstić information content (AvgIpc) is 3.25. The summed E-state index contributed by atoms with van der Waals surface area (Å²) >= 11 is 0. The number of nitrogens with one attached hydrogen (secondary N) is 3. The second-order valence-electron chi connectivity index (χ2n) is 7.42. The van der Waals surface area contributed by atoms with E-state index in [0.717, 1.165) is 5.01 Å². The van der Waals surface area contributed by atoms with Crippen LogP contribution in [0.15, 0.2) is 48.5 Å². The van der Waals surface area contributed by atoms with Crippen molar-refractivity contribution < 1.29 is 38.2 Å². The summed E-state index contributed by atoms with van der Waals surface area (Å²) in [6.45, 7) is -0.786. The number of methoxy groups -OCH3 is 2. The molecule has 3 rings (SSSR count). The summed E-state index contributed by atoms with van der Waals surface area (Å²) in [5.41, 5.74) is 7.31. The monoisotopic (exact) mass is 484 g/mol. The van der Waals surface area contributed by atoms with Gasteiger partial charge in [0, 0.05) is 23.6 Å². The van der Waals surface area contributed by atoms with E-state index in [1.54, 1.807) is 36.4 Å². The van der Waals surface area contributed by atoms with E-state index < -0.39 is 42.1 Å². The van der Waals surface area contributed by atoms with Crippen molar-refractivity contribution >= 4 is 29.6 Å². The summed E-state index contributed by atoms with van der Waals surface area (Å²) in [6, 6.07) is 12.7. The van der Waals surface area contributed by atoms with Crippen LogP contribution in [0.25, 0.3) is 0 Å². The smallest absolute Gasteiger partial charge is 0.311 e. The molecule has 1 atom stereocenters. The molecule has 0 aliphatic carbocycles. The highest BCUT2D eigenvalue weighted by Crippen LogP contribution is 2.23. The minimum atomic E-state index is -0.880. The highest BCUT2D eigenvalue weighted by molar-refractivity contribution is 5.97. The molecule has 4 amide bonds. The van der Waals surface area contributed by atoms with Gasteiger partial charge < -0.3 is 14.2 Å². The third-order valence-electron chi connectivity index (χ3n) is 5.01. The zero-order chi connectivity index (χ0) is 25.4. The number of amides is 4. The Labute approximate surface area is 200 Å². The van der Waals surface area contributed by atoms with Crippen LogP contribution in [-0.2, 0) is 19.1 Å². The SMILES string of the molecule is COc1cc(OC)cc(C(=O)NN2C[C@@H](C(=O)OCC(=O)NNC(=O)c3ccccc3)CC2=O)c1. The number of esters is 1. The molecule has 1 fully saturated rings. The molecule has 1 heterocycles. The fraction of sp³-hybridized carbons (Fsp3) is 0.261. The summed E-state index contributed by atoms with van der Waals surface area (Å²) in [7, 11) is 2.88. The number of hydrogen-bond donors (Lipinski definition) is 3. The first kappa shape index (κ1) is 25.0. The zero-order valence-corrected chi connectivity index (χ0v) is 19.0. The van der Waals surface area contributed by atoms with E-state index in [1.165, 1.54) is 26.4 Å². The fourth-order valence-electron chi connectivity index (χ4n) is 3.18. The largest absolute Gasteiger partial charge is 0.497 e. The van der Waals surface area contributed by atoms with Gasteiger partial charge in [0.15, 0.2) is 6.61 Å². The number of hydrogen-bond acceptors (Lipinski definition) is 8. The Morgan fingerprint density at radius 2 is 1.57 bits per heavy atom. The molecular weight excluding hydrogens is 460 g/mol. The lowest BCUT2D eigenvalue weighted by atomic mass is 10.1. The summed E-state index contributed by atoms with van der Waals surface area (Å²) < 4.78 is 15.2. The van der Waals surface area contributed by atoms with Gasteiger partial charge in [0.1, 0.15) is 11.5 Å². The molecule has 12 heteroatoms. The molecule has 3 N–H and O–H groups in total. The highest BCUT2D eigenvalue weighted by Gasteiger charge is 2.36. The lowest BCUT2D eigenvalue weighted by molar-refractivity contribution is -0.152. The van der Waals surface area contributed by atoms with Crippen molar-refractivity contribution in [3.05, 3.63) is 59.7 Å². The molecule has 0 radical (unpaired) electrons. The van der Waals surface area contributed by atoms with E-state index in [0.29, 0.717) is 17.1 Å². The molecule has 1 saturated heterocycles. The first-order valence-electron chi connectivity index (χ1n) is 10.5. The third-order valence-corrected chi connectivity index (χ3v) is 5.01. The van der Waals surface area contributed by atoms with Crippen LogP contribution in [0.1, 0.15) is 27.1 Å². The van der Waals surface area contributed by atoms with E-state index in [2.05, 4.69) is 16.3 Å². The van der Waals surface area contributed by atoms with Gasteiger partial charge >= 0.3 is 5.97 Å². The van der Waals surface area contributed by atoms with Crippen LogP contribution < -0.4 is 25.8 Å². The minimum absolute atomic E-state index is 0.128. The maximum atomic E-state index is 12.6. The third kappa shape index (κ3) is 6.69. The number of ether oxygens (including phenoxy) is 3. The van der Waals surface area contributed by atoms with Crippen LogP contribution in [0.3, 0.4) is 0 Å². The van der Waals surface area contributed by atoms with Gasteiger partial charge in [-0.2, -0.15) is 0 Å². The van der Waals surface area contributed by atoms with E-state index >= 15 is 0 Å². The molecule has 1 aliphatic heterocycles. The number of nitrogens with zero attached hydrogens (tertiary/aromatic N) is 1. The summed E-state index contributed by atoms with van der Waals surface area (Å²) in [5.74, 6) is -3.27. The number of carbonyl (C=O) groups excluding carboxylic acids is 5. The minimum Gasteiger partial charge on any atom is -0.497 e. The maximum absolute atomic E-state index is 12.6. The Morgan fingerprint density at radius 3 is 2.20 bits per heavy atom. The molecule has 0 spiro atoms. The van der Waals surface area contributed by atoms with Gasteiger partial charge in [-0.05, 0) is 24.3 Å². The standard InChI is InChI=1S/C23H24N4O8/c1-33-17-8-15(9-18(11-17)34-2)22(31)26-27-12-16(10-20(27)29)23(32)35-13-19(28)24-25-21(30)14-6-4-3-5-7-14/h3-9,11,16H,10,12-13H2,1-2H3,(H,24,28)(H,25,30)(H,26,31)/t16-/m0/s1. The van der Waals surface area contributed by atoms with Gasteiger partial charge in [0.25, 0.3) is 17.7 Å². The topological polar surface area (TPSA) is 152 Å². The fourth-order valence-corrected chi connectivity index (χ4v) is 3.18. The molecule has 184 valence electrons. The van der Waals surface area contributed by atoms with Crippen LogP contribution >= 0.6 is 0 Å². The van der Waals surface area contributed by atoms with Gasteiger partial charge in [-0.1, -0.05) is 18.2 Å². The molecule has 1 aliphatic rings. The van der Waals surface area contributed by atoms with Crippen molar-refractivity contribution in [3.63, 3.8) is 0 Å². The highest BCUT2D eigenvalue weighted by atomic mass is 16.5. The van der Waals surface area contributed by atoms with Gasteiger partial charge in [-0.15, -0.1) is 0 Å². The van der Waals surface area contributed by atoms with E-state index in [-0.39, 0.29) is 18.5 Å². The molecule has 0 saturated carbocycles. The lowest BCUT2D eigenvalue weighted by Crippen LogP contribution is -2.44. The van der Waals surface area contributed by atoms with Gasteiger partial charge in [-0.3, -0.25) is 45.3 Å². The molecular formula is C23H24N4O8. The second-order valence-corrected chi connectivity index (χ2v) is 7.42. The Balaban J connectivity index is 1.46. The van der Waals surface area contributed by atoms with E-state index in [1.807, 2.05) is 0 Å². The molecule has 2 aromatic rings. The normalized spacial score (nSPS) is 14.6. The molecule has 2 aromatic carbocycles. The number of carbonyl (C=O) groups is 5. The van der Waals surface area contributed by atoms with Crippen molar-refractivity contribution in [2.45, 2.75) is 6.42 Å². The quantitative estimate of drug-likeness (QED) is 0.355. The van der Waals surface area contributed by atoms with Gasteiger partial charge in [0.05, 0.1) is 26.7 Å². The number of rotatable bonds is 8. The lowest BCUT2D eigenvalue weighted by Gasteiger charge is -2.18. The van der Waals surface area contributed by atoms with Gasteiger partial charge in [0.2, 0.25) is 5.91 Å². The Bertz CT molecular complexity index is 1100. The van der Waals surface area contributed by atoms with Crippen molar-refractivity contribution in [1.29, 1.82) is 0 Å². The zero-order valence-electron chi connectivity index (χ0n) is 19.0. The Morgan fingerprint density at radius 1 is 0.914 bits per heavy atom. The Hall–Kier alpha value is -4.61. The summed E-state index contributed by atoms with van der Waals surface area (Å²) in [5, 5.41) is 1.01. The maximum Gasteiger partial charge on any atom is 0.311 e. The molecule has 35 heavy (non-hydrogen) atoms. The Kier molecular flexibility index (Phi) is 8.22. The van der Waals surface area contributed by atoms with E-state index in [4.69, 9.17) is 14.2 Å². The van der Waals surface area contributed by atoms with Crippen LogP contribution in [0, 0.1) is 5.92 Å². The molecule has 0 aromatic heterocycles. The summed E-state index contributed by atoms with van der Waals surface area (Å²) in [6.07, 6.45) is -0.201. The van der Waals surface area contributed by atoms with Crippen molar-refractivity contribution in [1.82, 2.24) is 21.3 Å². The predicted molar refractivity (Wildman–Crippen MR) is 120 cm³/mol. The molecule has 0 unspecified atom stereocenters. The van der Waals surface area contributed by atoms with Crippen molar-refractivity contribution in [2.75, 3.05) is 27.4 Å². The van der Waals surface area contributed by atoms with Crippen LogP contribution in [0.2, 0.25) is 0 Å². The molecule has 0 bridgehead atoms. The first-order chi connectivity index (χ1) is 16.8. The van der Waals surface area contributed by atoms with Crippen molar-refractivity contribution in [3.8, 4) is 11.5 Å². The van der Waals surface area contributed by atoms with E-state index in [9.17, 15) is 24.0 Å². The van der Waals surface area contributed by atoms with Gasteiger partial charge in [-0.25, -0.2) is 0 Å². The first-order valence-corrected chi connectivity index (χ1v) is 10.5. The van der Waals surface area contributed by atoms with Crippen LogP contribution in [-0.4, -0.2) is 62.0 Å². The van der Waals surface area contributed by atoms with Crippen LogP contribution in [0.5, 0.6) is 11.5 Å². The number of hydrazine groups is 2. The number of benzene rings is 2. The second kappa shape index (κ2) is 11.5. The predicted octanol–water partition coefficient (Wildman–Crippen LogP) is 0.202. The van der Waals surface area contributed by atoms with Crippen molar-refractivity contribution in [2.24, 2.45) is 5.92 Å². The summed E-state index contributed by atoms with van der Waals surface area (Å²) in [4.78, 5) is 61.0.